The van der Waals surface area contributed by atoms with Gasteiger partial charge in [0.15, 0.2) is 0 Å². The van der Waals surface area contributed by atoms with Crippen molar-refractivity contribution in [2.45, 2.75) is 154 Å². The van der Waals surface area contributed by atoms with Gasteiger partial charge >= 0.3 is 5.97 Å². The average Bonchev–Trinajstić information content (AvgIpc) is 3.25. The van der Waals surface area contributed by atoms with Gasteiger partial charge in [0, 0.05) is 6.42 Å². The summed E-state index contributed by atoms with van der Waals surface area (Å²) in [5.74, 6) is -0.300. The third-order valence-corrected chi connectivity index (χ3v) is 10.6. The largest absolute Gasteiger partial charge is 0.433 e. The highest BCUT2D eigenvalue weighted by Gasteiger charge is 2.50. The van der Waals surface area contributed by atoms with Crippen LogP contribution in [-0.4, -0.2) is 43.3 Å². The summed E-state index contributed by atoms with van der Waals surface area (Å²) in [6.07, 6.45) is 12.8. The number of hydrogen-bond acceptors (Lipinski definition) is 7. The zero-order chi connectivity index (χ0) is 39.6. The van der Waals surface area contributed by atoms with Gasteiger partial charge in [0.05, 0.1) is 33.0 Å². The monoisotopic (exact) mass is 778 g/mol. The molecule has 5 rings (SSSR count). The topological polar surface area (TPSA) is 72.5 Å². The third-order valence-electron chi connectivity index (χ3n) is 10.6. The molecule has 7 heteroatoms. The van der Waals surface area contributed by atoms with Crippen molar-refractivity contribution in [2.75, 3.05) is 6.61 Å². The van der Waals surface area contributed by atoms with Crippen LogP contribution < -0.4 is 0 Å². The van der Waals surface area contributed by atoms with E-state index in [4.69, 9.17) is 28.4 Å². The Balaban J connectivity index is 1.26. The lowest BCUT2D eigenvalue weighted by molar-refractivity contribution is -0.320. The van der Waals surface area contributed by atoms with E-state index in [9.17, 15) is 4.79 Å². The second-order valence-electron chi connectivity index (χ2n) is 15.3. The molecule has 0 amide bonds. The predicted octanol–water partition coefficient (Wildman–Crippen LogP) is 11.7. The molecule has 0 unspecified atom stereocenters. The minimum absolute atomic E-state index is 0.206. The van der Waals surface area contributed by atoms with Crippen molar-refractivity contribution in [2.24, 2.45) is 0 Å². The molecule has 5 atom stereocenters. The number of ether oxygens (including phenoxy) is 6. The van der Waals surface area contributed by atoms with Gasteiger partial charge in [0.1, 0.15) is 24.4 Å². The molecule has 0 aliphatic carbocycles. The van der Waals surface area contributed by atoms with Crippen LogP contribution in [0.3, 0.4) is 0 Å². The van der Waals surface area contributed by atoms with Gasteiger partial charge in [-0.25, -0.2) is 0 Å². The van der Waals surface area contributed by atoms with Crippen molar-refractivity contribution in [1.29, 1.82) is 0 Å². The van der Waals surface area contributed by atoms with Crippen LogP contribution in [0.2, 0.25) is 0 Å². The Morgan fingerprint density at radius 2 is 0.860 bits per heavy atom. The van der Waals surface area contributed by atoms with Crippen molar-refractivity contribution < 1.29 is 33.2 Å². The molecule has 1 fully saturated rings. The van der Waals surface area contributed by atoms with E-state index in [1.807, 2.05) is 121 Å². The fraction of sp³-hybridized carbons (Fsp3) is 0.500. The second kappa shape index (κ2) is 27.0. The maximum absolute atomic E-state index is 13.6. The zero-order valence-corrected chi connectivity index (χ0v) is 34.2. The molecular weight excluding hydrogens is 713 g/mol. The minimum Gasteiger partial charge on any atom is -0.433 e. The van der Waals surface area contributed by atoms with Gasteiger partial charge < -0.3 is 28.4 Å². The van der Waals surface area contributed by atoms with E-state index in [1.54, 1.807) is 0 Å². The van der Waals surface area contributed by atoms with Gasteiger partial charge in [-0.15, -0.1) is 0 Å². The van der Waals surface area contributed by atoms with E-state index >= 15 is 0 Å². The summed E-state index contributed by atoms with van der Waals surface area (Å²) < 4.78 is 39.4. The van der Waals surface area contributed by atoms with Crippen LogP contribution in [0.5, 0.6) is 0 Å². The highest BCUT2D eigenvalue weighted by Crippen LogP contribution is 2.32. The fourth-order valence-electron chi connectivity index (χ4n) is 7.32. The maximum atomic E-state index is 13.6. The van der Waals surface area contributed by atoms with E-state index in [0.29, 0.717) is 26.2 Å². The Morgan fingerprint density at radius 1 is 0.474 bits per heavy atom. The molecule has 0 radical (unpaired) electrons. The normalized spacial score (nSPS) is 19.4. The lowest BCUT2D eigenvalue weighted by atomic mass is 9.97. The van der Waals surface area contributed by atoms with E-state index in [1.165, 1.54) is 64.2 Å². The molecule has 0 aromatic heterocycles. The molecule has 1 aliphatic rings. The Bertz CT molecular complexity index is 1590. The average molecular weight is 779 g/mol. The number of esters is 1. The molecule has 4 aromatic rings. The van der Waals surface area contributed by atoms with Crippen molar-refractivity contribution in [3.05, 3.63) is 144 Å². The van der Waals surface area contributed by atoms with E-state index in [0.717, 1.165) is 41.5 Å². The molecule has 0 N–H and O–H groups in total. The number of benzene rings is 4. The summed E-state index contributed by atoms with van der Waals surface area (Å²) in [5, 5.41) is 0. The Kier molecular flexibility index (Phi) is 20.9. The first kappa shape index (κ1) is 44.3. The van der Waals surface area contributed by atoms with Gasteiger partial charge in [-0.05, 0) is 28.7 Å². The first-order valence-electron chi connectivity index (χ1n) is 21.6. The standard InChI is InChI=1S/C50H66O7/c1-2-3-4-5-6-7-8-9-10-11-12-13-26-35-46(51)57-50-49(55-39-44-33-24-17-25-34-44)48(54-38-43-31-22-16-23-32-43)47(53-37-42-29-20-15-21-30-42)45(56-50)40-52-36-41-27-18-14-19-28-41/h14-25,27-34,45,47-50H,2-13,26,35-40H2,1H3/t45-,47-,48+,49-,50+/m1/s1. The minimum atomic E-state index is -1.02. The molecule has 1 saturated heterocycles. The molecule has 0 bridgehead atoms. The van der Waals surface area contributed by atoms with Crippen LogP contribution in [0.15, 0.2) is 121 Å². The quantitative estimate of drug-likeness (QED) is 0.0420. The molecule has 1 heterocycles. The highest BCUT2D eigenvalue weighted by atomic mass is 16.7. The van der Waals surface area contributed by atoms with Crippen LogP contribution in [0.4, 0.5) is 0 Å². The number of unbranched alkanes of at least 4 members (excludes halogenated alkanes) is 12. The van der Waals surface area contributed by atoms with E-state index < -0.39 is 30.7 Å². The summed E-state index contributed by atoms with van der Waals surface area (Å²) in [6.45, 7) is 3.82. The number of hydrogen-bond donors (Lipinski definition) is 0. The van der Waals surface area contributed by atoms with Gasteiger partial charge in [-0.3, -0.25) is 4.79 Å². The Labute approximate surface area is 342 Å². The SMILES string of the molecule is CCCCCCCCCCCCCCCC(=O)O[C@@H]1O[C@H](COCc2ccccc2)[C@@H](OCc2ccccc2)[C@H](OCc2ccccc2)[C@H]1OCc1ccccc1. The van der Waals surface area contributed by atoms with Crippen LogP contribution in [0.25, 0.3) is 0 Å². The Morgan fingerprint density at radius 3 is 1.32 bits per heavy atom. The fourth-order valence-corrected chi connectivity index (χ4v) is 7.32. The number of rotatable bonds is 28. The van der Waals surface area contributed by atoms with Crippen LogP contribution in [-0.2, 0) is 59.6 Å². The van der Waals surface area contributed by atoms with Crippen LogP contribution in [0.1, 0.15) is 119 Å². The molecule has 57 heavy (non-hydrogen) atoms. The molecule has 308 valence electrons. The van der Waals surface area contributed by atoms with E-state index in [-0.39, 0.29) is 19.2 Å². The third kappa shape index (κ3) is 16.9. The van der Waals surface area contributed by atoms with Gasteiger partial charge in [0.2, 0.25) is 6.29 Å². The summed E-state index contributed by atoms with van der Waals surface area (Å²) in [4.78, 5) is 13.6. The zero-order valence-electron chi connectivity index (χ0n) is 34.2. The van der Waals surface area contributed by atoms with Gasteiger partial charge in [0.25, 0.3) is 0 Å². The summed E-state index contributed by atoms with van der Waals surface area (Å²) in [5.41, 5.74) is 4.08. The lowest BCUT2D eigenvalue weighted by Gasteiger charge is -2.45. The summed E-state index contributed by atoms with van der Waals surface area (Å²) in [7, 11) is 0. The molecular formula is C50H66O7. The smallest absolute Gasteiger partial charge is 0.308 e. The van der Waals surface area contributed by atoms with Gasteiger partial charge in [-0.1, -0.05) is 205 Å². The highest BCUT2D eigenvalue weighted by molar-refractivity contribution is 5.69. The number of carbonyl (C=O) groups is 1. The second-order valence-corrected chi connectivity index (χ2v) is 15.3. The summed E-state index contributed by atoms with van der Waals surface area (Å²) in [6, 6.07) is 40.1. The van der Waals surface area contributed by atoms with Crippen LogP contribution >= 0.6 is 0 Å². The Hall–Kier alpha value is -3.85. The maximum Gasteiger partial charge on any atom is 0.308 e. The molecule has 0 saturated carbocycles. The predicted molar refractivity (Wildman–Crippen MR) is 226 cm³/mol. The molecule has 1 aliphatic heterocycles. The molecule has 4 aromatic carbocycles. The van der Waals surface area contributed by atoms with E-state index in [2.05, 4.69) is 6.92 Å². The van der Waals surface area contributed by atoms with Crippen LogP contribution in [0, 0.1) is 0 Å². The first-order chi connectivity index (χ1) is 28.2. The van der Waals surface area contributed by atoms with Crippen molar-refractivity contribution >= 4 is 5.97 Å². The van der Waals surface area contributed by atoms with Crippen molar-refractivity contribution in [1.82, 2.24) is 0 Å². The number of carbonyl (C=O) groups excluding carboxylic acids is 1. The lowest BCUT2D eigenvalue weighted by Crippen LogP contribution is -2.62. The van der Waals surface area contributed by atoms with Crippen molar-refractivity contribution in [3.63, 3.8) is 0 Å². The molecule has 0 spiro atoms. The first-order valence-corrected chi connectivity index (χ1v) is 21.6. The summed E-state index contributed by atoms with van der Waals surface area (Å²) >= 11 is 0. The molecule has 7 nitrogen and oxygen atoms in total. The van der Waals surface area contributed by atoms with Crippen molar-refractivity contribution in [3.8, 4) is 0 Å². The van der Waals surface area contributed by atoms with Gasteiger partial charge in [-0.2, -0.15) is 0 Å².